The summed E-state index contributed by atoms with van der Waals surface area (Å²) in [6.45, 7) is 8.81. The SMILES string of the molecule is Cc1cc(-c2c(C)cccc2C2CC2)cc(C(CC(=O)O)NC(=O)OC(C)(C)C)c1F. The van der Waals surface area contributed by atoms with Crippen LogP contribution in [-0.4, -0.2) is 22.8 Å². The lowest BCUT2D eigenvalue weighted by Gasteiger charge is -2.24. The summed E-state index contributed by atoms with van der Waals surface area (Å²) in [7, 11) is 0. The van der Waals surface area contributed by atoms with Crippen molar-refractivity contribution in [3.8, 4) is 11.1 Å². The van der Waals surface area contributed by atoms with Crippen LogP contribution in [0.15, 0.2) is 30.3 Å². The van der Waals surface area contributed by atoms with Gasteiger partial charge in [0.25, 0.3) is 0 Å². The summed E-state index contributed by atoms with van der Waals surface area (Å²) in [5, 5.41) is 11.9. The summed E-state index contributed by atoms with van der Waals surface area (Å²) >= 11 is 0. The summed E-state index contributed by atoms with van der Waals surface area (Å²) in [6.07, 6.45) is 1.02. The minimum absolute atomic E-state index is 0.147. The van der Waals surface area contributed by atoms with E-state index in [2.05, 4.69) is 11.4 Å². The van der Waals surface area contributed by atoms with Crippen LogP contribution < -0.4 is 5.32 Å². The molecule has 6 heteroatoms. The van der Waals surface area contributed by atoms with Crippen molar-refractivity contribution in [2.24, 2.45) is 0 Å². The van der Waals surface area contributed by atoms with Crippen molar-refractivity contribution in [2.75, 3.05) is 0 Å². The lowest BCUT2D eigenvalue weighted by Crippen LogP contribution is -2.36. The number of aliphatic carboxylic acids is 1. The summed E-state index contributed by atoms with van der Waals surface area (Å²) in [5.74, 6) is -1.16. The fraction of sp³-hybridized carbons (Fsp3) is 0.440. The number of rotatable bonds is 6. The van der Waals surface area contributed by atoms with Gasteiger partial charge >= 0.3 is 12.1 Å². The number of amides is 1. The van der Waals surface area contributed by atoms with Crippen molar-refractivity contribution in [1.29, 1.82) is 0 Å². The number of carboxylic acids is 1. The van der Waals surface area contributed by atoms with Gasteiger partial charge < -0.3 is 15.2 Å². The van der Waals surface area contributed by atoms with Gasteiger partial charge in [-0.25, -0.2) is 9.18 Å². The highest BCUT2D eigenvalue weighted by molar-refractivity contribution is 5.75. The van der Waals surface area contributed by atoms with Gasteiger partial charge in [-0.1, -0.05) is 18.2 Å². The molecule has 1 aliphatic rings. The Balaban J connectivity index is 2.06. The maximum Gasteiger partial charge on any atom is 0.408 e. The zero-order valence-electron chi connectivity index (χ0n) is 18.7. The first kappa shape index (κ1) is 22.8. The predicted molar refractivity (Wildman–Crippen MR) is 118 cm³/mol. The molecule has 0 aliphatic heterocycles. The topological polar surface area (TPSA) is 75.6 Å². The van der Waals surface area contributed by atoms with E-state index in [1.165, 1.54) is 5.56 Å². The standard InChI is InChI=1S/C25H30FNO4/c1-14-7-6-8-18(16-9-10-16)22(14)17-11-15(2)23(26)19(12-17)20(13-21(28)29)27-24(30)31-25(3,4)5/h6-8,11-12,16,20H,9-10,13H2,1-5H3,(H,27,30)(H,28,29). The van der Waals surface area contributed by atoms with Crippen molar-refractivity contribution in [3.63, 3.8) is 0 Å². The smallest absolute Gasteiger partial charge is 0.408 e. The molecule has 1 unspecified atom stereocenters. The third-order valence-corrected chi connectivity index (χ3v) is 5.34. The van der Waals surface area contributed by atoms with Gasteiger partial charge in [-0.15, -0.1) is 0 Å². The molecule has 0 heterocycles. The van der Waals surface area contributed by atoms with Gasteiger partial charge in [0.2, 0.25) is 0 Å². The normalized spacial score (nSPS) is 14.8. The Hall–Kier alpha value is -2.89. The van der Waals surface area contributed by atoms with E-state index < -0.39 is 35.9 Å². The molecular weight excluding hydrogens is 397 g/mol. The second-order valence-electron chi connectivity index (χ2n) is 9.31. The first-order valence-corrected chi connectivity index (χ1v) is 10.6. The molecule has 0 radical (unpaired) electrons. The number of carbonyl (C=O) groups excluding carboxylic acids is 1. The van der Waals surface area contributed by atoms with Gasteiger partial charge in [0.15, 0.2) is 0 Å². The Morgan fingerprint density at radius 1 is 1.19 bits per heavy atom. The molecule has 31 heavy (non-hydrogen) atoms. The number of alkyl carbamates (subject to hydrolysis) is 1. The lowest BCUT2D eigenvalue weighted by atomic mass is 9.89. The fourth-order valence-electron chi connectivity index (χ4n) is 3.88. The van der Waals surface area contributed by atoms with Gasteiger partial charge in [-0.05, 0) is 93.3 Å². The second-order valence-corrected chi connectivity index (χ2v) is 9.31. The average Bonchev–Trinajstić information content (AvgIpc) is 3.46. The molecule has 3 rings (SSSR count). The van der Waals surface area contributed by atoms with Crippen molar-refractivity contribution < 1.29 is 23.8 Å². The molecule has 5 nitrogen and oxygen atoms in total. The Morgan fingerprint density at radius 2 is 1.87 bits per heavy atom. The molecule has 1 saturated carbocycles. The number of carbonyl (C=O) groups is 2. The van der Waals surface area contributed by atoms with Crippen molar-refractivity contribution in [1.82, 2.24) is 5.32 Å². The van der Waals surface area contributed by atoms with E-state index in [1.54, 1.807) is 39.8 Å². The molecule has 0 spiro atoms. The number of halogens is 1. The van der Waals surface area contributed by atoms with Crippen LogP contribution in [0.4, 0.5) is 9.18 Å². The van der Waals surface area contributed by atoms with Crippen molar-refractivity contribution in [3.05, 3.63) is 58.4 Å². The molecule has 1 aliphatic carbocycles. The largest absolute Gasteiger partial charge is 0.481 e. The summed E-state index contributed by atoms with van der Waals surface area (Å²) < 4.78 is 20.4. The lowest BCUT2D eigenvalue weighted by molar-refractivity contribution is -0.137. The third kappa shape index (κ3) is 5.63. The van der Waals surface area contributed by atoms with Gasteiger partial charge in [0, 0.05) is 5.56 Å². The van der Waals surface area contributed by atoms with E-state index in [9.17, 15) is 14.7 Å². The number of ether oxygens (including phenoxy) is 1. The molecule has 2 aromatic carbocycles. The highest BCUT2D eigenvalue weighted by atomic mass is 19.1. The van der Waals surface area contributed by atoms with Crippen molar-refractivity contribution in [2.45, 2.75) is 71.4 Å². The van der Waals surface area contributed by atoms with Crippen LogP contribution in [-0.2, 0) is 9.53 Å². The fourth-order valence-corrected chi connectivity index (χ4v) is 3.88. The Morgan fingerprint density at radius 3 is 2.45 bits per heavy atom. The van der Waals surface area contributed by atoms with Crippen LogP contribution in [0.5, 0.6) is 0 Å². The average molecular weight is 428 g/mol. The molecule has 2 aromatic rings. The molecule has 1 atom stereocenters. The Bertz CT molecular complexity index is 1010. The third-order valence-electron chi connectivity index (χ3n) is 5.34. The van der Waals surface area contributed by atoms with Crippen molar-refractivity contribution >= 4 is 12.1 Å². The van der Waals surface area contributed by atoms with Crippen LogP contribution in [0.2, 0.25) is 0 Å². The summed E-state index contributed by atoms with van der Waals surface area (Å²) in [6, 6.07) is 8.56. The molecule has 1 fully saturated rings. The van der Waals surface area contributed by atoms with E-state index in [4.69, 9.17) is 4.74 Å². The predicted octanol–water partition coefficient (Wildman–Crippen LogP) is 6.03. The van der Waals surface area contributed by atoms with Gasteiger partial charge in [0.05, 0.1) is 12.5 Å². The van der Waals surface area contributed by atoms with Crippen LogP contribution in [0.3, 0.4) is 0 Å². The minimum atomic E-state index is -1.14. The molecule has 1 amide bonds. The Labute approximate surface area is 182 Å². The summed E-state index contributed by atoms with van der Waals surface area (Å²) in [5.41, 5.74) is 3.99. The number of hydrogen-bond donors (Lipinski definition) is 2. The molecule has 166 valence electrons. The number of hydrogen-bond acceptors (Lipinski definition) is 3. The number of benzene rings is 2. The summed E-state index contributed by atoms with van der Waals surface area (Å²) in [4.78, 5) is 23.8. The van der Waals surface area contributed by atoms with Crippen LogP contribution in [0.25, 0.3) is 11.1 Å². The van der Waals surface area contributed by atoms with E-state index in [0.29, 0.717) is 11.5 Å². The van der Waals surface area contributed by atoms with Crippen LogP contribution in [0.1, 0.15) is 74.2 Å². The Kier molecular flexibility index (Phi) is 6.39. The quantitative estimate of drug-likeness (QED) is 0.590. The molecule has 0 aromatic heterocycles. The second kappa shape index (κ2) is 8.69. The zero-order valence-corrected chi connectivity index (χ0v) is 18.7. The monoisotopic (exact) mass is 427 g/mol. The highest BCUT2D eigenvalue weighted by Crippen LogP contribution is 2.46. The first-order chi connectivity index (χ1) is 14.5. The number of aryl methyl sites for hydroxylation is 2. The molecule has 2 N–H and O–H groups in total. The van der Waals surface area contributed by atoms with Gasteiger partial charge in [0.1, 0.15) is 11.4 Å². The van der Waals surface area contributed by atoms with E-state index >= 15 is 4.39 Å². The van der Waals surface area contributed by atoms with E-state index in [1.807, 2.05) is 19.1 Å². The van der Waals surface area contributed by atoms with Gasteiger partial charge in [-0.2, -0.15) is 0 Å². The van der Waals surface area contributed by atoms with Crippen LogP contribution in [0, 0.1) is 19.7 Å². The van der Waals surface area contributed by atoms with E-state index in [0.717, 1.165) is 29.5 Å². The number of nitrogens with one attached hydrogen (secondary N) is 1. The first-order valence-electron chi connectivity index (χ1n) is 10.6. The van der Waals surface area contributed by atoms with E-state index in [-0.39, 0.29) is 5.56 Å². The maximum atomic E-state index is 15.2. The van der Waals surface area contributed by atoms with Gasteiger partial charge in [-0.3, -0.25) is 4.79 Å². The number of carboxylic acid groups (broad SMARTS) is 1. The molecule has 0 bridgehead atoms. The van der Waals surface area contributed by atoms with Crippen LogP contribution >= 0.6 is 0 Å². The zero-order chi connectivity index (χ0) is 22.9. The minimum Gasteiger partial charge on any atom is -0.481 e. The maximum absolute atomic E-state index is 15.2. The molecule has 0 saturated heterocycles. The molecular formula is C25H30FNO4. The highest BCUT2D eigenvalue weighted by Gasteiger charge is 2.29.